The van der Waals surface area contributed by atoms with Crippen LogP contribution in [0.5, 0.6) is 0 Å². The van der Waals surface area contributed by atoms with E-state index < -0.39 is 5.92 Å². The van der Waals surface area contributed by atoms with Crippen LogP contribution < -0.4 is 5.32 Å². The third-order valence-corrected chi connectivity index (χ3v) is 4.36. The van der Waals surface area contributed by atoms with Crippen LogP contribution in [0, 0.1) is 5.92 Å². The van der Waals surface area contributed by atoms with Gasteiger partial charge < -0.3 is 10.2 Å². The standard InChI is InChI=1S/C13H24F2N2/c1-16-12-4-2-11(3-5-12)10-17-8-6-13(14,15)7-9-17/h11-12,16H,2-10H2,1H3. The molecule has 1 heterocycles. The van der Waals surface area contributed by atoms with Crippen molar-refractivity contribution in [2.45, 2.75) is 50.5 Å². The first-order valence-corrected chi connectivity index (χ1v) is 6.86. The van der Waals surface area contributed by atoms with E-state index in [0.717, 1.165) is 12.5 Å². The highest BCUT2D eigenvalue weighted by molar-refractivity contribution is 4.82. The van der Waals surface area contributed by atoms with Gasteiger partial charge >= 0.3 is 0 Å². The van der Waals surface area contributed by atoms with E-state index >= 15 is 0 Å². The maximum Gasteiger partial charge on any atom is 0.250 e. The molecule has 0 amide bonds. The number of piperidine rings is 1. The van der Waals surface area contributed by atoms with Crippen LogP contribution in [0.3, 0.4) is 0 Å². The summed E-state index contributed by atoms with van der Waals surface area (Å²) in [5.74, 6) is -1.67. The number of rotatable bonds is 3. The fourth-order valence-electron chi connectivity index (χ4n) is 3.06. The van der Waals surface area contributed by atoms with E-state index in [4.69, 9.17) is 0 Å². The summed E-state index contributed by atoms with van der Waals surface area (Å²) in [6.45, 7) is 2.20. The molecule has 4 heteroatoms. The molecule has 0 unspecified atom stereocenters. The van der Waals surface area contributed by atoms with Gasteiger partial charge in [-0.1, -0.05) is 0 Å². The minimum absolute atomic E-state index is 0.0544. The molecule has 0 aromatic carbocycles. The second-order valence-electron chi connectivity index (χ2n) is 5.66. The van der Waals surface area contributed by atoms with Crippen LogP contribution >= 0.6 is 0 Å². The first-order chi connectivity index (χ1) is 8.09. The van der Waals surface area contributed by atoms with Crippen LogP contribution in [0.4, 0.5) is 8.78 Å². The molecular weight excluding hydrogens is 222 g/mol. The van der Waals surface area contributed by atoms with Crippen molar-refractivity contribution in [2.75, 3.05) is 26.7 Å². The normalized spacial score (nSPS) is 34.8. The zero-order valence-electron chi connectivity index (χ0n) is 10.7. The second-order valence-corrected chi connectivity index (χ2v) is 5.66. The highest BCUT2D eigenvalue weighted by Crippen LogP contribution is 2.30. The molecule has 1 saturated carbocycles. The molecule has 0 radical (unpaired) electrons. The monoisotopic (exact) mass is 246 g/mol. The van der Waals surface area contributed by atoms with Gasteiger partial charge in [0.05, 0.1) is 0 Å². The molecular formula is C13H24F2N2. The first kappa shape index (κ1) is 13.2. The number of hydrogen-bond donors (Lipinski definition) is 1. The number of halogens is 2. The van der Waals surface area contributed by atoms with E-state index in [2.05, 4.69) is 10.2 Å². The van der Waals surface area contributed by atoms with Crippen LogP contribution in [0.15, 0.2) is 0 Å². The number of nitrogens with one attached hydrogen (secondary N) is 1. The Morgan fingerprint density at radius 1 is 1.12 bits per heavy atom. The SMILES string of the molecule is CNC1CCC(CN2CCC(F)(F)CC2)CC1. The summed E-state index contributed by atoms with van der Waals surface area (Å²) >= 11 is 0. The molecule has 1 N–H and O–H groups in total. The molecule has 1 saturated heterocycles. The molecule has 0 bridgehead atoms. The van der Waals surface area contributed by atoms with E-state index in [0.29, 0.717) is 19.1 Å². The smallest absolute Gasteiger partial charge is 0.250 e. The van der Waals surface area contributed by atoms with Crippen LogP contribution in [-0.4, -0.2) is 43.5 Å². The zero-order valence-corrected chi connectivity index (χ0v) is 10.7. The Morgan fingerprint density at radius 3 is 2.24 bits per heavy atom. The van der Waals surface area contributed by atoms with Crippen molar-refractivity contribution in [1.82, 2.24) is 10.2 Å². The van der Waals surface area contributed by atoms with Gasteiger partial charge in [-0.25, -0.2) is 8.78 Å². The molecule has 1 aliphatic carbocycles. The molecule has 2 aliphatic rings. The van der Waals surface area contributed by atoms with Crippen molar-refractivity contribution < 1.29 is 8.78 Å². The summed E-state index contributed by atoms with van der Waals surface area (Å²) < 4.78 is 26.0. The Kier molecular flexibility index (Phi) is 4.36. The number of nitrogens with zero attached hydrogens (tertiary/aromatic N) is 1. The minimum atomic E-state index is -2.40. The molecule has 2 rings (SSSR count). The average molecular weight is 246 g/mol. The molecule has 0 spiro atoms. The predicted molar refractivity (Wildman–Crippen MR) is 65.4 cm³/mol. The first-order valence-electron chi connectivity index (χ1n) is 6.86. The molecule has 0 atom stereocenters. The van der Waals surface area contributed by atoms with Crippen molar-refractivity contribution >= 4 is 0 Å². The fourth-order valence-corrected chi connectivity index (χ4v) is 3.06. The summed E-state index contributed by atoms with van der Waals surface area (Å²) in [6.07, 6.45) is 5.09. The van der Waals surface area contributed by atoms with Crippen molar-refractivity contribution in [1.29, 1.82) is 0 Å². The summed E-state index contributed by atoms with van der Waals surface area (Å²) in [4.78, 5) is 2.24. The summed E-state index contributed by atoms with van der Waals surface area (Å²) in [5, 5.41) is 3.33. The van der Waals surface area contributed by atoms with E-state index in [-0.39, 0.29) is 12.8 Å². The van der Waals surface area contributed by atoms with E-state index in [1.165, 1.54) is 25.7 Å². The van der Waals surface area contributed by atoms with Crippen LogP contribution in [0.2, 0.25) is 0 Å². The van der Waals surface area contributed by atoms with Gasteiger partial charge in [-0.05, 0) is 38.6 Å². The molecule has 0 aromatic rings. The Balaban J connectivity index is 1.69. The lowest BCUT2D eigenvalue weighted by atomic mass is 9.85. The lowest BCUT2D eigenvalue weighted by molar-refractivity contribution is -0.0581. The van der Waals surface area contributed by atoms with E-state index in [1.807, 2.05) is 7.05 Å². The van der Waals surface area contributed by atoms with Gasteiger partial charge in [0.1, 0.15) is 0 Å². The Hall–Kier alpha value is -0.220. The van der Waals surface area contributed by atoms with Crippen molar-refractivity contribution in [2.24, 2.45) is 5.92 Å². The molecule has 100 valence electrons. The van der Waals surface area contributed by atoms with Crippen LogP contribution in [0.25, 0.3) is 0 Å². The van der Waals surface area contributed by atoms with Gasteiger partial charge in [0, 0.05) is 38.5 Å². The average Bonchev–Trinajstić information content (AvgIpc) is 2.33. The topological polar surface area (TPSA) is 15.3 Å². The maximum absolute atomic E-state index is 13.0. The molecule has 1 aliphatic heterocycles. The largest absolute Gasteiger partial charge is 0.317 e. The quantitative estimate of drug-likeness (QED) is 0.823. The van der Waals surface area contributed by atoms with Gasteiger partial charge in [0.2, 0.25) is 0 Å². The second kappa shape index (κ2) is 5.61. The minimum Gasteiger partial charge on any atom is -0.317 e. The van der Waals surface area contributed by atoms with Crippen molar-refractivity contribution in [3.63, 3.8) is 0 Å². The number of hydrogen-bond acceptors (Lipinski definition) is 2. The fraction of sp³-hybridized carbons (Fsp3) is 1.00. The highest BCUT2D eigenvalue weighted by atomic mass is 19.3. The lowest BCUT2D eigenvalue weighted by Crippen LogP contribution is -2.42. The van der Waals surface area contributed by atoms with Gasteiger partial charge in [0.25, 0.3) is 5.92 Å². The third-order valence-electron chi connectivity index (χ3n) is 4.36. The third kappa shape index (κ3) is 3.88. The van der Waals surface area contributed by atoms with Crippen LogP contribution in [-0.2, 0) is 0 Å². The Bertz CT molecular complexity index is 228. The van der Waals surface area contributed by atoms with Gasteiger partial charge in [-0.2, -0.15) is 0 Å². The number of likely N-dealkylation sites (tertiary alicyclic amines) is 1. The van der Waals surface area contributed by atoms with E-state index in [1.54, 1.807) is 0 Å². The molecule has 17 heavy (non-hydrogen) atoms. The Labute approximate surface area is 103 Å². The predicted octanol–water partition coefficient (Wildman–Crippen LogP) is 2.50. The van der Waals surface area contributed by atoms with Gasteiger partial charge in [-0.3, -0.25) is 0 Å². The Morgan fingerprint density at radius 2 is 1.71 bits per heavy atom. The van der Waals surface area contributed by atoms with Gasteiger partial charge in [-0.15, -0.1) is 0 Å². The molecule has 0 aromatic heterocycles. The zero-order chi connectivity index (χ0) is 12.3. The highest BCUT2D eigenvalue weighted by Gasteiger charge is 2.34. The van der Waals surface area contributed by atoms with E-state index in [9.17, 15) is 8.78 Å². The maximum atomic E-state index is 13.0. The van der Waals surface area contributed by atoms with Crippen molar-refractivity contribution in [3.8, 4) is 0 Å². The summed E-state index contributed by atoms with van der Waals surface area (Å²) in [6, 6.07) is 0.678. The van der Waals surface area contributed by atoms with Crippen LogP contribution in [0.1, 0.15) is 38.5 Å². The molecule has 2 nitrogen and oxygen atoms in total. The van der Waals surface area contributed by atoms with Crippen molar-refractivity contribution in [3.05, 3.63) is 0 Å². The summed E-state index contributed by atoms with van der Waals surface area (Å²) in [7, 11) is 2.03. The molecule has 2 fully saturated rings. The number of alkyl halides is 2. The lowest BCUT2D eigenvalue weighted by Gasteiger charge is -2.36. The summed E-state index contributed by atoms with van der Waals surface area (Å²) in [5.41, 5.74) is 0. The van der Waals surface area contributed by atoms with Gasteiger partial charge in [0.15, 0.2) is 0 Å².